The van der Waals surface area contributed by atoms with Crippen molar-refractivity contribution in [1.82, 2.24) is 0 Å². The van der Waals surface area contributed by atoms with Gasteiger partial charge in [0, 0.05) is 12.1 Å². The third kappa shape index (κ3) is 2.80. The van der Waals surface area contributed by atoms with Gasteiger partial charge in [0.1, 0.15) is 0 Å². The first-order chi connectivity index (χ1) is 5.14. The lowest BCUT2D eigenvalue weighted by Gasteiger charge is -2.41. The van der Waals surface area contributed by atoms with Crippen LogP contribution in [0.4, 0.5) is 0 Å². The summed E-state index contributed by atoms with van der Waals surface area (Å²) in [4.78, 5) is 0. The van der Waals surface area contributed by atoms with Crippen LogP contribution in [0.25, 0.3) is 0 Å². The number of ether oxygens (including phenoxy) is 1. The maximum Gasteiger partial charge on any atom is 0.0609 e. The highest BCUT2D eigenvalue weighted by Crippen LogP contribution is 2.31. The van der Waals surface area contributed by atoms with Crippen molar-refractivity contribution in [2.75, 3.05) is 6.61 Å². The lowest BCUT2D eigenvalue weighted by atomic mass is 9.77. The first-order valence-corrected chi connectivity index (χ1v) is 4.54. The zero-order valence-electron chi connectivity index (χ0n) is 7.60. The summed E-state index contributed by atoms with van der Waals surface area (Å²) in [5.41, 5.74) is 5.90. The molecule has 1 saturated carbocycles. The average Bonchev–Trinajstić information content (AvgIpc) is 1.84. The Kier molecular flexibility index (Phi) is 2.90. The zero-order chi connectivity index (χ0) is 8.32. The normalized spacial score (nSPS) is 36.8. The quantitative estimate of drug-likeness (QED) is 0.630. The SMILES string of the molecule is CCCCOC1CC(C)(N)C1. The molecule has 2 heteroatoms. The van der Waals surface area contributed by atoms with Crippen molar-refractivity contribution in [2.24, 2.45) is 5.73 Å². The van der Waals surface area contributed by atoms with Crippen LogP contribution in [0, 0.1) is 0 Å². The molecule has 0 aromatic heterocycles. The third-order valence-corrected chi connectivity index (χ3v) is 2.24. The van der Waals surface area contributed by atoms with Gasteiger partial charge in [0.25, 0.3) is 0 Å². The minimum absolute atomic E-state index is 0.0664. The fourth-order valence-electron chi connectivity index (χ4n) is 1.49. The maximum atomic E-state index is 5.84. The third-order valence-electron chi connectivity index (χ3n) is 2.24. The van der Waals surface area contributed by atoms with Crippen molar-refractivity contribution in [1.29, 1.82) is 0 Å². The van der Waals surface area contributed by atoms with Crippen LogP contribution in [0.2, 0.25) is 0 Å². The van der Waals surface area contributed by atoms with E-state index >= 15 is 0 Å². The minimum Gasteiger partial charge on any atom is -0.378 e. The molecule has 2 nitrogen and oxygen atoms in total. The molecule has 0 amide bonds. The first kappa shape index (κ1) is 9.01. The maximum absolute atomic E-state index is 5.84. The molecular weight excluding hydrogens is 138 g/mol. The first-order valence-electron chi connectivity index (χ1n) is 4.54. The van der Waals surface area contributed by atoms with Gasteiger partial charge in [-0.25, -0.2) is 0 Å². The van der Waals surface area contributed by atoms with Crippen molar-refractivity contribution in [3.63, 3.8) is 0 Å². The Labute approximate surface area is 69.1 Å². The molecule has 0 heterocycles. The molecule has 0 saturated heterocycles. The second-order valence-electron chi connectivity index (χ2n) is 3.91. The smallest absolute Gasteiger partial charge is 0.0609 e. The zero-order valence-corrected chi connectivity index (χ0v) is 7.60. The monoisotopic (exact) mass is 157 g/mol. The number of nitrogens with two attached hydrogens (primary N) is 1. The van der Waals surface area contributed by atoms with Gasteiger partial charge in [0.05, 0.1) is 6.10 Å². The van der Waals surface area contributed by atoms with Gasteiger partial charge in [-0.15, -0.1) is 0 Å². The van der Waals surface area contributed by atoms with Crippen molar-refractivity contribution in [3.8, 4) is 0 Å². The fraction of sp³-hybridized carbons (Fsp3) is 1.00. The van der Waals surface area contributed by atoms with E-state index < -0.39 is 0 Å². The molecule has 66 valence electrons. The average molecular weight is 157 g/mol. The Hall–Kier alpha value is -0.0800. The van der Waals surface area contributed by atoms with Gasteiger partial charge in [-0.1, -0.05) is 13.3 Å². The summed E-state index contributed by atoms with van der Waals surface area (Å²) < 4.78 is 5.57. The van der Waals surface area contributed by atoms with Crippen molar-refractivity contribution in [3.05, 3.63) is 0 Å². The molecular formula is C9H19NO. The van der Waals surface area contributed by atoms with Crippen molar-refractivity contribution >= 4 is 0 Å². The van der Waals surface area contributed by atoms with Crippen molar-refractivity contribution in [2.45, 2.75) is 51.2 Å². The molecule has 1 rings (SSSR count). The summed E-state index contributed by atoms with van der Waals surface area (Å²) in [7, 11) is 0. The molecule has 0 spiro atoms. The molecule has 0 radical (unpaired) electrons. The Morgan fingerprint density at radius 2 is 2.18 bits per heavy atom. The van der Waals surface area contributed by atoms with E-state index in [4.69, 9.17) is 10.5 Å². The van der Waals surface area contributed by atoms with Gasteiger partial charge in [0.15, 0.2) is 0 Å². The predicted molar refractivity (Wildman–Crippen MR) is 46.5 cm³/mol. The summed E-state index contributed by atoms with van der Waals surface area (Å²) in [6, 6.07) is 0. The van der Waals surface area contributed by atoms with Gasteiger partial charge in [-0.2, -0.15) is 0 Å². The van der Waals surface area contributed by atoms with Crippen LogP contribution in [0.1, 0.15) is 39.5 Å². The van der Waals surface area contributed by atoms with Crippen LogP contribution in [-0.2, 0) is 4.74 Å². The number of hydrogen-bond acceptors (Lipinski definition) is 2. The molecule has 1 aliphatic carbocycles. The highest BCUT2D eigenvalue weighted by Gasteiger charge is 2.37. The second-order valence-corrected chi connectivity index (χ2v) is 3.91. The van der Waals surface area contributed by atoms with Crippen LogP contribution in [-0.4, -0.2) is 18.2 Å². The van der Waals surface area contributed by atoms with E-state index in [9.17, 15) is 0 Å². The Balaban J connectivity index is 1.96. The minimum atomic E-state index is 0.0664. The van der Waals surface area contributed by atoms with Crippen LogP contribution >= 0.6 is 0 Å². The van der Waals surface area contributed by atoms with E-state index in [1.54, 1.807) is 0 Å². The van der Waals surface area contributed by atoms with E-state index in [-0.39, 0.29) is 5.54 Å². The van der Waals surface area contributed by atoms with Gasteiger partial charge < -0.3 is 10.5 Å². The molecule has 0 atom stereocenters. The van der Waals surface area contributed by atoms with E-state index in [1.807, 2.05) is 0 Å². The molecule has 1 fully saturated rings. The predicted octanol–water partition coefficient (Wildman–Crippen LogP) is 1.68. The molecule has 1 aliphatic rings. The standard InChI is InChI=1S/C9H19NO/c1-3-4-5-11-8-6-9(2,10)7-8/h8H,3-7,10H2,1-2H3. The molecule has 11 heavy (non-hydrogen) atoms. The van der Waals surface area contributed by atoms with E-state index in [0.717, 1.165) is 19.4 Å². The van der Waals surface area contributed by atoms with Crippen LogP contribution in [0.15, 0.2) is 0 Å². The van der Waals surface area contributed by atoms with Crippen LogP contribution < -0.4 is 5.73 Å². The summed E-state index contributed by atoms with van der Waals surface area (Å²) >= 11 is 0. The highest BCUT2D eigenvalue weighted by molar-refractivity contribution is 4.95. The molecule has 0 aliphatic heterocycles. The largest absolute Gasteiger partial charge is 0.378 e. The van der Waals surface area contributed by atoms with E-state index in [1.165, 1.54) is 12.8 Å². The summed E-state index contributed by atoms with van der Waals surface area (Å²) in [5, 5.41) is 0. The molecule has 0 aromatic rings. The summed E-state index contributed by atoms with van der Waals surface area (Å²) in [6.45, 7) is 5.18. The second kappa shape index (κ2) is 3.55. The lowest BCUT2D eigenvalue weighted by Crippen LogP contribution is -2.52. The van der Waals surface area contributed by atoms with E-state index in [0.29, 0.717) is 6.10 Å². The van der Waals surface area contributed by atoms with Gasteiger partial charge in [-0.3, -0.25) is 0 Å². The number of hydrogen-bond donors (Lipinski definition) is 1. The van der Waals surface area contributed by atoms with E-state index in [2.05, 4.69) is 13.8 Å². The Morgan fingerprint density at radius 3 is 2.64 bits per heavy atom. The molecule has 0 aromatic carbocycles. The summed E-state index contributed by atoms with van der Waals surface area (Å²) in [6.07, 6.45) is 4.93. The Bertz CT molecular complexity index is 115. The Morgan fingerprint density at radius 1 is 1.55 bits per heavy atom. The van der Waals surface area contributed by atoms with Gasteiger partial charge in [0.2, 0.25) is 0 Å². The molecule has 2 N–H and O–H groups in total. The van der Waals surface area contributed by atoms with Gasteiger partial charge in [-0.05, 0) is 26.2 Å². The summed E-state index contributed by atoms with van der Waals surface area (Å²) in [5.74, 6) is 0. The lowest BCUT2D eigenvalue weighted by molar-refractivity contribution is -0.0375. The number of unbranched alkanes of at least 4 members (excludes halogenated alkanes) is 1. The van der Waals surface area contributed by atoms with Gasteiger partial charge >= 0.3 is 0 Å². The topological polar surface area (TPSA) is 35.2 Å². The number of rotatable bonds is 4. The van der Waals surface area contributed by atoms with Crippen molar-refractivity contribution < 1.29 is 4.74 Å². The van der Waals surface area contributed by atoms with Crippen LogP contribution in [0.3, 0.4) is 0 Å². The van der Waals surface area contributed by atoms with Crippen LogP contribution in [0.5, 0.6) is 0 Å². The molecule has 0 unspecified atom stereocenters. The highest BCUT2D eigenvalue weighted by atomic mass is 16.5. The molecule has 0 bridgehead atoms. The fourth-order valence-corrected chi connectivity index (χ4v) is 1.49.